The highest BCUT2D eigenvalue weighted by molar-refractivity contribution is 5.91. The molecule has 0 aromatic heterocycles. The van der Waals surface area contributed by atoms with Gasteiger partial charge in [-0.15, -0.1) is 0 Å². The number of benzene rings is 8. The van der Waals surface area contributed by atoms with Gasteiger partial charge in [0, 0.05) is 21.7 Å². The van der Waals surface area contributed by atoms with E-state index in [1.54, 1.807) is 44.5 Å². The lowest BCUT2D eigenvalue weighted by Crippen LogP contribution is -2.26. The van der Waals surface area contributed by atoms with Gasteiger partial charge in [-0.1, -0.05) is 558 Å². The van der Waals surface area contributed by atoms with Crippen LogP contribution in [0, 0.1) is 0 Å². The van der Waals surface area contributed by atoms with Crippen LogP contribution >= 0.6 is 0 Å². The van der Waals surface area contributed by atoms with E-state index >= 15 is 0 Å². The molecule has 0 fully saturated rings. The Kier molecular flexibility index (Phi) is 37.1. The summed E-state index contributed by atoms with van der Waals surface area (Å²) in [6, 6.07) is 62.0. The lowest BCUT2D eigenvalue weighted by molar-refractivity contribution is 0.397. The Morgan fingerprint density at radius 2 is 0.234 bits per heavy atom. The van der Waals surface area contributed by atoms with Crippen LogP contribution in [0.3, 0.4) is 0 Å². The van der Waals surface area contributed by atoms with Gasteiger partial charge in [0.25, 0.3) is 0 Å². The van der Waals surface area contributed by atoms with Gasteiger partial charge in [-0.2, -0.15) is 0 Å². The van der Waals surface area contributed by atoms with Crippen LogP contribution in [-0.4, -0.2) is 0 Å². The molecule has 664 valence electrons. The number of rotatable bonds is 56. The fourth-order valence-electron chi connectivity index (χ4n) is 24.0. The van der Waals surface area contributed by atoms with Gasteiger partial charge in [-0.3, -0.25) is 0 Å². The average Bonchev–Trinajstić information content (AvgIpc) is 1.58. The lowest BCUT2D eigenvalue weighted by atomic mass is 9.70. The highest BCUT2D eigenvalue weighted by Gasteiger charge is 2.47. The minimum atomic E-state index is -0.0503. The summed E-state index contributed by atoms with van der Waals surface area (Å²) in [5.74, 6) is 0. The van der Waals surface area contributed by atoms with E-state index in [-0.39, 0.29) is 21.7 Å². The molecule has 0 saturated carbocycles. The number of unbranched alkanes of at least 4 members (excludes halogenated alkanes) is 40. The van der Waals surface area contributed by atoms with Gasteiger partial charge < -0.3 is 0 Å². The van der Waals surface area contributed by atoms with Crippen LogP contribution in [0.1, 0.15) is 504 Å². The topological polar surface area (TPSA) is 0 Å². The molecule has 0 amide bonds. The fourth-order valence-corrected chi connectivity index (χ4v) is 24.0. The Labute approximate surface area is 759 Å². The van der Waals surface area contributed by atoms with E-state index in [4.69, 9.17) is 0 Å². The third-order valence-electron chi connectivity index (χ3n) is 31.2. The van der Waals surface area contributed by atoms with Crippen LogP contribution in [-0.2, 0) is 21.7 Å². The summed E-state index contributed by atoms with van der Waals surface area (Å²) in [5, 5.41) is 0. The van der Waals surface area contributed by atoms with Gasteiger partial charge in [-0.05, 0) is 185 Å². The summed E-state index contributed by atoms with van der Waals surface area (Å²) >= 11 is 0. The van der Waals surface area contributed by atoms with Crippen molar-refractivity contribution in [1.29, 1.82) is 0 Å². The molecule has 5 aliphatic carbocycles. The molecule has 0 nitrogen and oxygen atoms in total. The number of hydrogen-bond donors (Lipinski definition) is 0. The smallest absolute Gasteiger partial charge is 0.0215 e. The summed E-state index contributed by atoms with van der Waals surface area (Å²) in [6.07, 6.45) is 93.0. The summed E-state index contributed by atoms with van der Waals surface area (Å²) in [6.45, 7) is 19.0. The molecule has 0 unspecified atom stereocenters. The maximum absolute atomic E-state index is 2.70. The predicted molar refractivity (Wildman–Crippen MR) is 550 cm³/mol. The summed E-state index contributed by atoms with van der Waals surface area (Å²) in [7, 11) is 0. The highest BCUT2D eigenvalue weighted by atomic mass is 14.5. The zero-order chi connectivity index (χ0) is 86.1. The van der Waals surface area contributed by atoms with E-state index in [2.05, 4.69) is 250 Å². The van der Waals surface area contributed by atoms with Crippen LogP contribution in [0.4, 0.5) is 0 Å². The maximum Gasteiger partial charge on any atom is 0.0215 e. The molecule has 0 aliphatic heterocycles. The van der Waals surface area contributed by atoms with Gasteiger partial charge in [-0.25, -0.2) is 0 Å². The first-order valence-electron chi connectivity index (χ1n) is 53.0. The van der Waals surface area contributed by atoms with Gasteiger partial charge in [0.15, 0.2) is 0 Å². The first-order chi connectivity index (χ1) is 61.1. The first-order valence-corrected chi connectivity index (χ1v) is 53.0. The van der Waals surface area contributed by atoms with Crippen LogP contribution in [0.15, 0.2) is 146 Å². The monoisotopic (exact) mass is 1660 g/mol. The summed E-state index contributed by atoms with van der Waals surface area (Å²) in [4.78, 5) is 0. The molecule has 0 heteroatoms. The molecular weight excluding hydrogens is 1490 g/mol. The predicted octanol–water partition coefficient (Wildman–Crippen LogP) is 39.8. The van der Waals surface area contributed by atoms with E-state index in [1.807, 2.05) is 0 Å². The second kappa shape index (κ2) is 48.8. The molecule has 8 aromatic carbocycles. The quantitative estimate of drug-likeness (QED) is 0.0333. The minimum Gasteiger partial charge on any atom is -0.0654 e. The van der Waals surface area contributed by atoms with Gasteiger partial charge in [0.2, 0.25) is 0 Å². The molecule has 0 saturated heterocycles. The molecule has 16 bridgehead atoms. The second-order valence-corrected chi connectivity index (χ2v) is 40.2. The lowest BCUT2D eigenvalue weighted by Gasteiger charge is -2.33. The van der Waals surface area contributed by atoms with Crippen molar-refractivity contribution in [2.24, 2.45) is 0 Å². The van der Waals surface area contributed by atoms with Crippen molar-refractivity contribution in [3.63, 3.8) is 0 Å². The summed E-state index contributed by atoms with van der Waals surface area (Å²) < 4.78 is 0. The van der Waals surface area contributed by atoms with Gasteiger partial charge >= 0.3 is 0 Å². The van der Waals surface area contributed by atoms with Crippen LogP contribution in [0.25, 0.3) is 93.1 Å². The SMILES string of the molecule is CCCCCCCCC1(CCCCCCCC)c2cc3ccc2-c2ccc(cc21)/C=C\c1ccc2c(c1)C(CCCCCCCC)(CCCCCCCC)c1cc(ccc1-2)/C=C\c1ccc2c(c1)C(CCCCCCCC)(CCCCCCCC)c1cc(ccc1-2)/C=C\c1ccc2c(c1)C(CCCCCCCC)(CCCCCCCC)c1cc(ccc1-2)/C=C\3. The third-order valence-corrected chi connectivity index (χ3v) is 31.2. The molecule has 0 spiro atoms. The maximum atomic E-state index is 2.70. The van der Waals surface area contributed by atoms with Gasteiger partial charge in [0.1, 0.15) is 0 Å². The van der Waals surface area contributed by atoms with Crippen molar-refractivity contribution in [1.82, 2.24) is 0 Å². The van der Waals surface area contributed by atoms with Crippen molar-refractivity contribution < 1.29 is 0 Å². The van der Waals surface area contributed by atoms with E-state index in [1.165, 1.54) is 449 Å². The van der Waals surface area contributed by atoms with Crippen LogP contribution in [0.2, 0.25) is 0 Å². The minimum absolute atomic E-state index is 0.0503. The van der Waals surface area contributed by atoms with E-state index in [0.29, 0.717) is 0 Å². The first kappa shape index (κ1) is 94.3. The molecule has 0 heterocycles. The zero-order valence-corrected chi connectivity index (χ0v) is 80.1. The zero-order valence-electron chi connectivity index (χ0n) is 80.1. The van der Waals surface area contributed by atoms with Crippen LogP contribution in [0.5, 0.6) is 0 Å². The Balaban J connectivity index is 0.975. The number of fused-ring (bicyclic) bond motifs is 12. The highest BCUT2D eigenvalue weighted by Crippen LogP contribution is 2.60. The third kappa shape index (κ3) is 23.2. The van der Waals surface area contributed by atoms with Crippen molar-refractivity contribution in [3.05, 3.63) is 235 Å². The van der Waals surface area contributed by atoms with E-state index in [0.717, 1.165) is 0 Å². The van der Waals surface area contributed by atoms with Crippen molar-refractivity contribution in [2.75, 3.05) is 0 Å². The molecule has 8 aromatic rings. The largest absolute Gasteiger partial charge is 0.0654 e. The van der Waals surface area contributed by atoms with Crippen molar-refractivity contribution in [3.8, 4) is 44.5 Å². The summed E-state index contributed by atoms with van der Waals surface area (Å²) in [5.41, 5.74) is 35.1. The Morgan fingerprint density at radius 1 is 0.129 bits per heavy atom. The Morgan fingerprint density at radius 3 is 0.347 bits per heavy atom. The molecular formula is C124H168. The van der Waals surface area contributed by atoms with Crippen molar-refractivity contribution in [2.45, 2.75) is 437 Å². The van der Waals surface area contributed by atoms with E-state index in [9.17, 15) is 0 Å². The second-order valence-electron chi connectivity index (χ2n) is 40.2. The molecule has 0 N–H and O–H groups in total. The molecule has 0 radical (unpaired) electrons. The molecule has 0 atom stereocenters. The molecule has 13 rings (SSSR count). The fraction of sp³-hybridized carbons (Fsp3) is 0.548. The molecule has 124 heavy (non-hydrogen) atoms. The standard InChI is InChI=1S/C124H168/c1-9-17-25-33-41-49-81-121(82-50-42-34-26-18-10-2)113-89-97-57-59-99-67-75-107-109-77-69-101(93-117(109)122(115(107)91-99,83-51-43-35-27-19-11-3)84-52-44-36-28-20-12-4)61-63-103-71-79-111-112-80-72-104(96-120(112)124(119(111)95-103,87-55-47-39-31-23-15-7)88-56-48-40-32-24-16-8)64-62-102-70-78-110-108-76-68-100(60-58-98-66-74-106(114(121)90-98)105(113)73-65-97)92-116(108)123(118(110)94-102,85-53-45-37-29-21-13-5)86-54-46-38-30-22-14-6/h57-80,89-96H,9-56,81-88H2,1-8H3/b59-57-,60-58-,63-61-,64-62-,97-57?,98-58?,99-59?,100-60?,101-61?,102-62?,103-63?,104-64?. The van der Waals surface area contributed by atoms with Gasteiger partial charge in [0.05, 0.1) is 0 Å². The average molecular weight is 1660 g/mol. The Hall–Kier alpha value is -7.28. The molecule has 5 aliphatic rings. The normalized spacial score (nSPS) is 15.8. The van der Waals surface area contributed by atoms with E-state index < -0.39 is 0 Å². The number of hydrogen-bond acceptors (Lipinski definition) is 0. The van der Waals surface area contributed by atoms with Crippen molar-refractivity contribution >= 4 is 48.6 Å². The Bertz CT molecular complexity index is 3840. The van der Waals surface area contributed by atoms with Crippen LogP contribution < -0.4 is 0 Å².